The first-order chi connectivity index (χ1) is 14.6. The average molecular weight is 436 g/mol. The fourth-order valence-corrected chi connectivity index (χ4v) is 3.81. The molecule has 0 saturated carbocycles. The maximum Gasteiger partial charge on any atom is 0.317 e. The van der Waals surface area contributed by atoms with Crippen molar-refractivity contribution in [2.45, 2.75) is 52.0 Å². The molecule has 2 atom stereocenters. The first-order valence-corrected chi connectivity index (χ1v) is 10.8. The predicted octanol–water partition coefficient (Wildman–Crippen LogP) is 3.15. The molecule has 31 heavy (non-hydrogen) atoms. The molecule has 1 aliphatic heterocycles. The van der Waals surface area contributed by atoms with Crippen molar-refractivity contribution in [3.8, 4) is 17.2 Å². The van der Waals surface area contributed by atoms with Crippen LogP contribution in [0.2, 0.25) is 0 Å². The van der Waals surface area contributed by atoms with E-state index in [9.17, 15) is 9.59 Å². The fourth-order valence-electron chi connectivity index (χ4n) is 3.81. The van der Waals surface area contributed by atoms with Crippen LogP contribution in [0.15, 0.2) is 12.1 Å². The van der Waals surface area contributed by atoms with Crippen molar-refractivity contribution in [3.05, 3.63) is 17.7 Å². The van der Waals surface area contributed by atoms with Crippen molar-refractivity contribution in [2.24, 2.45) is 5.92 Å². The van der Waals surface area contributed by atoms with E-state index in [1.807, 2.05) is 32.9 Å². The number of hydrogen-bond acceptors (Lipinski definition) is 5. The molecule has 8 heteroatoms. The number of methoxy groups -OCH3 is 3. The first kappa shape index (κ1) is 24.6. The normalized spacial score (nSPS) is 18.5. The van der Waals surface area contributed by atoms with Gasteiger partial charge in [0, 0.05) is 31.1 Å². The zero-order valence-electron chi connectivity index (χ0n) is 19.8. The second-order valence-corrected chi connectivity index (χ2v) is 8.90. The third kappa shape index (κ3) is 6.18. The van der Waals surface area contributed by atoms with Gasteiger partial charge in [0.15, 0.2) is 11.5 Å². The van der Waals surface area contributed by atoms with E-state index < -0.39 is 0 Å². The lowest BCUT2D eigenvalue weighted by atomic mass is 9.88. The third-order valence-corrected chi connectivity index (χ3v) is 5.37. The number of carbonyl (C=O) groups is 2. The van der Waals surface area contributed by atoms with Crippen molar-refractivity contribution in [2.75, 3.05) is 41.0 Å². The summed E-state index contributed by atoms with van der Waals surface area (Å²) in [7, 11) is 4.68. The summed E-state index contributed by atoms with van der Waals surface area (Å²) in [5.41, 5.74) is 0.511. The van der Waals surface area contributed by atoms with E-state index in [2.05, 4.69) is 17.6 Å². The Balaban J connectivity index is 2.38. The van der Waals surface area contributed by atoms with E-state index in [1.54, 1.807) is 26.2 Å². The first-order valence-electron chi connectivity index (χ1n) is 10.8. The van der Waals surface area contributed by atoms with Crippen LogP contribution in [0.5, 0.6) is 17.2 Å². The smallest absolute Gasteiger partial charge is 0.317 e. The molecule has 0 aromatic heterocycles. The zero-order valence-corrected chi connectivity index (χ0v) is 19.8. The van der Waals surface area contributed by atoms with Gasteiger partial charge in [0.1, 0.15) is 0 Å². The molecule has 2 rings (SSSR count). The number of urea groups is 1. The molecule has 0 unspecified atom stereocenters. The molecule has 1 aromatic rings. The van der Waals surface area contributed by atoms with E-state index >= 15 is 0 Å². The summed E-state index contributed by atoms with van der Waals surface area (Å²) < 4.78 is 16.4. The lowest BCUT2D eigenvalue weighted by molar-refractivity contribution is -0.124. The molecule has 1 aliphatic rings. The quantitative estimate of drug-likeness (QED) is 0.613. The van der Waals surface area contributed by atoms with Crippen molar-refractivity contribution in [1.29, 1.82) is 0 Å². The van der Waals surface area contributed by atoms with Crippen LogP contribution < -0.4 is 24.8 Å². The van der Waals surface area contributed by atoms with Crippen molar-refractivity contribution >= 4 is 11.9 Å². The van der Waals surface area contributed by atoms with Gasteiger partial charge in [-0.1, -0.05) is 13.3 Å². The molecule has 174 valence electrons. The molecule has 0 aliphatic carbocycles. The van der Waals surface area contributed by atoms with Crippen LogP contribution in [0.1, 0.15) is 52.0 Å². The maximum absolute atomic E-state index is 13.0. The minimum Gasteiger partial charge on any atom is -0.493 e. The van der Waals surface area contributed by atoms with Gasteiger partial charge < -0.3 is 29.7 Å². The molecule has 2 N–H and O–H groups in total. The number of carbonyl (C=O) groups excluding carboxylic acids is 2. The average Bonchev–Trinajstić information content (AvgIpc) is 3.17. The van der Waals surface area contributed by atoms with Gasteiger partial charge in [0.2, 0.25) is 11.7 Å². The number of likely N-dealkylation sites (tertiary alicyclic amines) is 1. The van der Waals surface area contributed by atoms with Crippen LogP contribution in [0.4, 0.5) is 4.79 Å². The zero-order chi connectivity index (χ0) is 23.2. The number of unbranched alkanes of at least 4 members (excludes halogenated alkanes) is 1. The van der Waals surface area contributed by atoms with Gasteiger partial charge in [-0.25, -0.2) is 4.79 Å². The molecule has 8 nitrogen and oxygen atoms in total. The standard InChI is InChI=1S/C23H37N3O5/c1-8-9-10-24-21(27)17-14-26(22(28)25-23(2,3)4)13-16(17)15-11-18(29-5)20(31-7)19(12-15)30-6/h11-12,16-17H,8-10,13-14H2,1-7H3,(H,24,27)(H,25,28)/t16-,17+/m0/s1. The highest BCUT2D eigenvalue weighted by Crippen LogP contribution is 2.43. The number of nitrogens with zero attached hydrogens (tertiary/aromatic N) is 1. The van der Waals surface area contributed by atoms with E-state index in [1.165, 1.54) is 0 Å². The lowest BCUT2D eigenvalue weighted by Crippen LogP contribution is -2.48. The molecule has 0 bridgehead atoms. The third-order valence-electron chi connectivity index (χ3n) is 5.37. The van der Waals surface area contributed by atoms with E-state index in [0.717, 1.165) is 18.4 Å². The van der Waals surface area contributed by atoms with Crippen LogP contribution >= 0.6 is 0 Å². The SMILES string of the molecule is CCCCNC(=O)[C@@H]1CN(C(=O)NC(C)(C)C)C[C@H]1c1cc(OC)c(OC)c(OC)c1. The molecule has 3 amide bonds. The Kier molecular flexibility index (Phi) is 8.42. The molecular formula is C23H37N3O5. The molecule has 0 radical (unpaired) electrons. The van der Waals surface area contributed by atoms with Crippen LogP contribution in [0, 0.1) is 5.92 Å². The molecule has 0 spiro atoms. The molecule has 1 fully saturated rings. The van der Waals surface area contributed by atoms with Gasteiger partial charge in [-0.05, 0) is 44.9 Å². The summed E-state index contributed by atoms with van der Waals surface area (Å²) in [4.78, 5) is 27.6. The second kappa shape index (κ2) is 10.6. The van der Waals surface area contributed by atoms with E-state index in [0.29, 0.717) is 36.9 Å². The largest absolute Gasteiger partial charge is 0.493 e. The Hall–Kier alpha value is -2.64. The number of hydrogen-bond donors (Lipinski definition) is 2. The van der Waals surface area contributed by atoms with Crippen molar-refractivity contribution < 1.29 is 23.8 Å². The minimum absolute atomic E-state index is 0.0433. The minimum atomic E-state index is -0.370. The van der Waals surface area contributed by atoms with Crippen LogP contribution in [-0.2, 0) is 4.79 Å². The van der Waals surface area contributed by atoms with Crippen LogP contribution in [-0.4, -0.2) is 63.3 Å². The Morgan fingerprint density at radius 3 is 2.16 bits per heavy atom. The Labute approximate surface area is 185 Å². The monoisotopic (exact) mass is 435 g/mol. The highest BCUT2D eigenvalue weighted by atomic mass is 16.5. The summed E-state index contributed by atoms with van der Waals surface area (Å²) in [6.07, 6.45) is 1.92. The maximum atomic E-state index is 13.0. The van der Waals surface area contributed by atoms with Gasteiger partial charge in [0.25, 0.3) is 0 Å². The molecular weight excluding hydrogens is 398 g/mol. The number of nitrogens with one attached hydrogen (secondary N) is 2. The van der Waals surface area contributed by atoms with Gasteiger partial charge in [-0.2, -0.15) is 0 Å². The van der Waals surface area contributed by atoms with Gasteiger partial charge in [-0.15, -0.1) is 0 Å². The van der Waals surface area contributed by atoms with Gasteiger partial charge >= 0.3 is 6.03 Å². The topological polar surface area (TPSA) is 89.1 Å². The molecule has 1 aromatic carbocycles. The Morgan fingerprint density at radius 1 is 1.06 bits per heavy atom. The highest BCUT2D eigenvalue weighted by molar-refractivity contribution is 5.83. The van der Waals surface area contributed by atoms with Gasteiger partial charge in [-0.3, -0.25) is 4.79 Å². The van der Waals surface area contributed by atoms with Crippen LogP contribution in [0.3, 0.4) is 0 Å². The number of benzene rings is 1. The molecule has 1 saturated heterocycles. The van der Waals surface area contributed by atoms with Crippen molar-refractivity contribution in [3.63, 3.8) is 0 Å². The summed E-state index contributed by atoms with van der Waals surface area (Å²) in [6, 6.07) is 3.56. The number of ether oxygens (including phenoxy) is 3. The lowest BCUT2D eigenvalue weighted by Gasteiger charge is -2.25. The summed E-state index contributed by atoms with van der Waals surface area (Å²) in [5.74, 6) is 0.946. The highest BCUT2D eigenvalue weighted by Gasteiger charge is 2.41. The Morgan fingerprint density at radius 2 is 1.68 bits per heavy atom. The number of rotatable bonds is 8. The Bertz CT molecular complexity index is 750. The predicted molar refractivity (Wildman–Crippen MR) is 120 cm³/mol. The molecule has 1 heterocycles. The summed E-state index contributed by atoms with van der Waals surface area (Å²) in [6.45, 7) is 9.29. The summed E-state index contributed by atoms with van der Waals surface area (Å²) >= 11 is 0. The van der Waals surface area contributed by atoms with E-state index in [4.69, 9.17) is 14.2 Å². The summed E-state index contributed by atoms with van der Waals surface area (Å²) in [5, 5.41) is 6.02. The van der Waals surface area contributed by atoms with Gasteiger partial charge in [0.05, 0.1) is 27.2 Å². The number of amides is 3. The van der Waals surface area contributed by atoms with Crippen molar-refractivity contribution in [1.82, 2.24) is 15.5 Å². The fraction of sp³-hybridized carbons (Fsp3) is 0.652. The second-order valence-electron chi connectivity index (χ2n) is 8.90. The van der Waals surface area contributed by atoms with Crippen LogP contribution in [0.25, 0.3) is 0 Å². The van der Waals surface area contributed by atoms with E-state index in [-0.39, 0.29) is 29.3 Å².